The van der Waals surface area contributed by atoms with Crippen LogP contribution in [0.2, 0.25) is 10.0 Å². The molecule has 0 aromatic heterocycles. The van der Waals surface area contributed by atoms with Gasteiger partial charge in [0, 0.05) is 11.8 Å². The molecule has 1 unspecified atom stereocenters. The third-order valence-electron chi connectivity index (χ3n) is 6.15. The fraction of sp³-hybridized carbons (Fsp3) is 0.241. The maximum absolute atomic E-state index is 13.6. The Morgan fingerprint density at radius 1 is 0.897 bits per heavy atom. The van der Waals surface area contributed by atoms with Crippen LogP contribution in [0.1, 0.15) is 31.0 Å². The second-order valence-electron chi connectivity index (χ2n) is 8.39. The molecule has 0 spiro atoms. The number of nitrogens with zero attached hydrogens (tertiary/aromatic N) is 1. The molecule has 0 saturated carbocycles. The Hall–Kier alpha value is -3.88. The first-order valence-electron chi connectivity index (χ1n) is 12.1. The highest BCUT2D eigenvalue weighted by Crippen LogP contribution is 2.48. The summed E-state index contributed by atoms with van der Waals surface area (Å²) < 4.78 is 21.9. The number of ether oxygens (including phenoxy) is 4. The van der Waals surface area contributed by atoms with Crippen molar-refractivity contribution in [2.24, 2.45) is 0 Å². The van der Waals surface area contributed by atoms with Crippen LogP contribution in [0.5, 0.6) is 23.0 Å². The SMILES string of the molecule is CCOc1ccc(C2/C(=C(\O)c3cc(Cl)c(OC)c(Cl)c3OC)C(=O)C(=O)N2c2cccc(OCC)c2)cc1. The van der Waals surface area contributed by atoms with E-state index in [1.54, 1.807) is 48.5 Å². The quantitative estimate of drug-likeness (QED) is 0.179. The van der Waals surface area contributed by atoms with E-state index in [2.05, 4.69) is 0 Å². The number of benzene rings is 3. The summed E-state index contributed by atoms with van der Waals surface area (Å²) in [6.45, 7) is 4.61. The average molecular weight is 572 g/mol. The van der Waals surface area contributed by atoms with Gasteiger partial charge in [-0.1, -0.05) is 41.4 Å². The Balaban J connectivity index is 1.98. The molecule has 1 aliphatic rings. The highest BCUT2D eigenvalue weighted by atomic mass is 35.5. The lowest BCUT2D eigenvalue weighted by atomic mass is 9.94. The number of anilines is 1. The molecule has 1 heterocycles. The van der Waals surface area contributed by atoms with Crippen molar-refractivity contribution in [1.82, 2.24) is 0 Å². The van der Waals surface area contributed by atoms with E-state index in [-0.39, 0.29) is 32.7 Å². The van der Waals surface area contributed by atoms with Gasteiger partial charge in [0.2, 0.25) is 0 Å². The zero-order valence-electron chi connectivity index (χ0n) is 21.8. The average Bonchev–Trinajstić information content (AvgIpc) is 3.19. The Labute approximate surface area is 236 Å². The molecule has 1 fully saturated rings. The summed E-state index contributed by atoms with van der Waals surface area (Å²) in [5.74, 6) is -0.899. The molecule has 1 saturated heterocycles. The zero-order valence-corrected chi connectivity index (χ0v) is 23.3. The summed E-state index contributed by atoms with van der Waals surface area (Å²) >= 11 is 12.8. The van der Waals surface area contributed by atoms with Crippen LogP contribution >= 0.6 is 23.2 Å². The van der Waals surface area contributed by atoms with Crippen molar-refractivity contribution in [2.45, 2.75) is 19.9 Å². The number of methoxy groups -OCH3 is 2. The third kappa shape index (κ3) is 5.22. The van der Waals surface area contributed by atoms with E-state index in [4.69, 9.17) is 42.1 Å². The molecule has 1 N–H and O–H groups in total. The van der Waals surface area contributed by atoms with E-state index in [1.165, 1.54) is 25.2 Å². The van der Waals surface area contributed by atoms with Gasteiger partial charge in [0.25, 0.3) is 11.7 Å². The summed E-state index contributed by atoms with van der Waals surface area (Å²) in [4.78, 5) is 28.4. The van der Waals surface area contributed by atoms with E-state index in [0.29, 0.717) is 36.0 Å². The molecule has 10 heteroatoms. The minimum atomic E-state index is -0.998. The molecular formula is C29H27Cl2NO7. The van der Waals surface area contributed by atoms with Gasteiger partial charge in [0.1, 0.15) is 22.3 Å². The van der Waals surface area contributed by atoms with E-state index >= 15 is 0 Å². The molecule has 39 heavy (non-hydrogen) atoms. The minimum absolute atomic E-state index is 0.00492. The van der Waals surface area contributed by atoms with Crippen molar-refractivity contribution < 1.29 is 33.6 Å². The molecule has 0 aliphatic carbocycles. The van der Waals surface area contributed by atoms with Crippen LogP contribution in [0.25, 0.3) is 5.76 Å². The topological polar surface area (TPSA) is 94.5 Å². The predicted molar refractivity (Wildman–Crippen MR) is 150 cm³/mol. The van der Waals surface area contributed by atoms with Crippen molar-refractivity contribution in [3.8, 4) is 23.0 Å². The van der Waals surface area contributed by atoms with E-state index in [1.807, 2.05) is 13.8 Å². The smallest absolute Gasteiger partial charge is 0.300 e. The van der Waals surface area contributed by atoms with Crippen LogP contribution in [0.3, 0.4) is 0 Å². The number of hydrogen-bond donors (Lipinski definition) is 1. The number of rotatable bonds is 9. The van der Waals surface area contributed by atoms with Crippen molar-refractivity contribution in [1.29, 1.82) is 0 Å². The number of amides is 1. The molecule has 1 atom stereocenters. The van der Waals surface area contributed by atoms with Gasteiger partial charge in [-0.2, -0.15) is 0 Å². The monoisotopic (exact) mass is 571 g/mol. The van der Waals surface area contributed by atoms with Crippen molar-refractivity contribution in [2.75, 3.05) is 32.3 Å². The summed E-state index contributed by atoms with van der Waals surface area (Å²) in [5, 5.41) is 11.7. The first kappa shape index (κ1) is 28.1. The second kappa shape index (κ2) is 11.9. The lowest BCUT2D eigenvalue weighted by Gasteiger charge is -2.26. The van der Waals surface area contributed by atoms with Gasteiger partial charge in [-0.25, -0.2) is 0 Å². The highest BCUT2D eigenvalue weighted by molar-refractivity contribution is 6.52. The lowest BCUT2D eigenvalue weighted by Crippen LogP contribution is -2.29. The normalized spacial score (nSPS) is 16.4. The van der Waals surface area contributed by atoms with Gasteiger partial charge >= 0.3 is 0 Å². The molecule has 3 aromatic carbocycles. The van der Waals surface area contributed by atoms with Gasteiger partial charge in [-0.3, -0.25) is 14.5 Å². The van der Waals surface area contributed by atoms with Crippen LogP contribution < -0.4 is 23.8 Å². The van der Waals surface area contributed by atoms with Crippen LogP contribution in [0, 0.1) is 0 Å². The minimum Gasteiger partial charge on any atom is -0.507 e. The van der Waals surface area contributed by atoms with Gasteiger partial charge in [-0.15, -0.1) is 0 Å². The van der Waals surface area contributed by atoms with E-state index < -0.39 is 23.5 Å². The number of ketones is 1. The molecule has 3 aromatic rings. The number of hydrogen-bond acceptors (Lipinski definition) is 7. The Bertz CT molecular complexity index is 1440. The maximum Gasteiger partial charge on any atom is 0.300 e. The Morgan fingerprint density at radius 2 is 1.54 bits per heavy atom. The number of carbonyl (C=O) groups is 2. The van der Waals surface area contributed by atoms with Crippen molar-refractivity contribution in [3.05, 3.63) is 81.3 Å². The second-order valence-corrected chi connectivity index (χ2v) is 9.17. The molecule has 4 rings (SSSR count). The van der Waals surface area contributed by atoms with Crippen molar-refractivity contribution >= 4 is 46.3 Å². The fourth-order valence-corrected chi connectivity index (χ4v) is 5.20. The van der Waals surface area contributed by atoms with Crippen LogP contribution in [0.15, 0.2) is 60.2 Å². The number of halogens is 2. The number of aliphatic hydroxyl groups excluding tert-OH is 1. The third-order valence-corrected chi connectivity index (χ3v) is 6.78. The molecule has 8 nitrogen and oxygen atoms in total. The zero-order chi connectivity index (χ0) is 28.3. The van der Waals surface area contributed by atoms with Crippen LogP contribution in [0.4, 0.5) is 5.69 Å². The first-order valence-corrected chi connectivity index (χ1v) is 12.9. The maximum atomic E-state index is 13.6. The number of carbonyl (C=O) groups excluding carboxylic acids is 2. The highest BCUT2D eigenvalue weighted by Gasteiger charge is 2.47. The van der Waals surface area contributed by atoms with Crippen LogP contribution in [-0.4, -0.2) is 44.2 Å². The number of aliphatic hydroxyl groups is 1. The molecule has 1 aliphatic heterocycles. The van der Waals surface area contributed by atoms with Crippen molar-refractivity contribution in [3.63, 3.8) is 0 Å². The van der Waals surface area contributed by atoms with Crippen LogP contribution in [-0.2, 0) is 9.59 Å². The predicted octanol–water partition coefficient (Wildman–Crippen LogP) is 6.43. The molecule has 204 valence electrons. The lowest BCUT2D eigenvalue weighted by molar-refractivity contribution is -0.132. The largest absolute Gasteiger partial charge is 0.507 e. The van der Waals surface area contributed by atoms with Gasteiger partial charge in [-0.05, 0) is 49.7 Å². The summed E-state index contributed by atoms with van der Waals surface area (Å²) in [5.41, 5.74) is 0.844. The molecular weight excluding hydrogens is 545 g/mol. The van der Waals surface area contributed by atoms with Gasteiger partial charge in [0.15, 0.2) is 11.5 Å². The van der Waals surface area contributed by atoms with Gasteiger partial charge < -0.3 is 24.1 Å². The molecule has 1 amide bonds. The summed E-state index contributed by atoms with van der Waals surface area (Å²) in [6, 6.07) is 14.1. The fourth-order valence-electron chi connectivity index (χ4n) is 4.51. The van der Waals surface area contributed by atoms with E-state index in [9.17, 15) is 14.7 Å². The van der Waals surface area contributed by atoms with E-state index in [0.717, 1.165) is 0 Å². The first-order chi connectivity index (χ1) is 18.8. The summed E-state index contributed by atoms with van der Waals surface area (Å²) in [7, 11) is 2.74. The molecule has 0 bridgehead atoms. The van der Waals surface area contributed by atoms with Gasteiger partial charge in [0.05, 0.1) is 49.6 Å². The Kier molecular flexibility index (Phi) is 8.57. The standard InChI is InChI=1S/C29H27Cl2NO7/c1-5-38-18-12-10-16(11-13-18)24-22(25(33)20-15-21(30)28(37-4)23(31)27(20)36-3)26(34)29(35)32(24)17-8-7-9-19(14-17)39-6-2/h7-15,24,33H,5-6H2,1-4H3/b25-22+. The Morgan fingerprint density at radius 3 is 2.15 bits per heavy atom. The number of Topliss-reactive ketones (excluding diaryl/α,β-unsaturated/α-hetero) is 1. The molecule has 0 radical (unpaired) electrons. The summed E-state index contributed by atoms with van der Waals surface area (Å²) in [6.07, 6.45) is 0.